The zero-order chi connectivity index (χ0) is 14.6. The van der Waals surface area contributed by atoms with Crippen LogP contribution in [0.2, 0.25) is 0 Å². The van der Waals surface area contributed by atoms with Crippen LogP contribution in [0.4, 0.5) is 4.79 Å². The average Bonchev–Trinajstić information content (AvgIpc) is 2.97. The Morgan fingerprint density at radius 2 is 2.35 bits per heavy atom. The lowest BCUT2D eigenvalue weighted by molar-refractivity contribution is 0.0288. The van der Waals surface area contributed by atoms with Crippen LogP contribution in [-0.4, -0.2) is 36.2 Å². The molecule has 1 fully saturated rings. The van der Waals surface area contributed by atoms with Gasteiger partial charge in [0.2, 0.25) is 0 Å². The maximum Gasteiger partial charge on any atom is 0.410 e. The molecule has 112 valence electrons. The maximum absolute atomic E-state index is 12.0. The third-order valence-electron chi connectivity index (χ3n) is 3.28. The Bertz CT molecular complexity index is 426. The molecule has 2 heterocycles. The number of rotatable bonds is 4. The summed E-state index contributed by atoms with van der Waals surface area (Å²) >= 11 is 1.72. The highest BCUT2D eigenvalue weighted by atomic mass is 32.1. The quantitative estimate of drug-likeness (QED) is 0.928. The fraction of sp³-hybridized carbons (Fsp3) is 0.667. The summed E-state index contributed by atoms with van der Waals surface area (Å²) < 4.78 is 5.40. The van der Waals surface area contributed by atoms with E-state index in [4.69, 9.17) is 4.74 Å². The Hall–Kier alpha value is -1.07. The van der Waals surface area contributed by atoms with Crippen molar-refractivity contribution in [3.8, 4) is 0 Å². The molecule has 5 heteroatoms. The molecule has 1 aromatic rings. The lowest BCUT2D eigenvalue weighted by Gasteiger charge is -2.24. The second-order valence-electron chi connectivity index (χ2n) is 6.34. The second-order valence-corrected chi connectivity index (χ2v) is 7.12. The number of ether oxygens (including phenoxy) is 1. The van der Waals surface area contributed by atoms with Crippen molar-refractivity contribution in [3.63, 3.8) is 0 Å². The van der Waals surface area contributed by atoms with Crippen LogP contribution >= 0.6 is 11.3 Å². The molecular weight excluding hydrogens is 272 g/mol. The Balaban J connectivity index is 1.68. The number of amides is 1. The first-order valence-electron chi connectivity index (χ1n) is 7.14. The number of nitrogens with one attached hydrogen (secondary N) is 1. The number of thiophene rings is 1. The van der Waals surface area contributed by atoms with Gasteiger partial charge in [-0.2, -0.15) is 11.3 Å². The van der Waals surface area contributed by atoms with Gasteiger partial charge in [-0.25, -0.2) is 4.79 Å². The van der Waals surface area contributed by atoms with E-state index in [1.807, 2.05) is 25.7 Å². The van der Waals surface area contributed by atoms with E-state index in [9.17, 15) is 4.79 Å². The summed E-state index contributed by atoms with van der Waals surface area (Å²) in [6.07, 6.45) is 0.869. The molecule has 2 rings (SSSR count). The third kappa shape index (κ3) is 4.80. The van der Waals surface area contributed by atoms with Crippen LogP contribution in [-0.2, 0) is 11.3 Å². The molecule has 0 bridgehead atoms. The number of carbonyl (C=O) groups is 1. The maximum atomic E-state index is 12.0. The Kier molecular flexibility index (Phi) is 5.05. The van der Waals surface area contributed by atoms with Gasteiger partial charge in [-0.3, -0.25) is 0 Å². The zero-order valence-corrected chi connectivity index (χ0v) is 13.3. The molecule has 0 saturated carbocycles. The molecule has 1 N–H and O–H groups in total. The number of hydrogen-bond donors (Lipinski definition) is 1. The SMILES string of the molecule is CC(C)(C)OC(=O)N1CC[C@@H](CNCc2ccsc2)C1. The van der Waals surface area contributed by atoms with Crippen LogP contribution in [0.3, 0.4) is 0 Å². The first-order valence-corrected chi connectivity index (χ1v) is 8.08. The van der Waals surface area contributed by atoms with Gasteiger partial charge in [0.25, 0.3) is 0 Å². The van der Waals surface area contributed by atoms with Crippen molar-refractivity contribution in [2.45, 2.75) is 39.3 Å². The second kappa shape index (κ2) is 6.59. The molecule has 20 heavy (non-hydrogen) atoms. The van der Waals surface area contributed by atoms with Gasteiger partial charge in [0.15, 0.2) is 0 Å². The van der Waals surface area contributed by atoms with Crippen LogP contribution in [0.15, 0.2) is 16.8 Å². The monoisotopic (exact) mass is 296 g/mol. The first kappa shape index (κ1) is 15.3. The molecule has 0 unspecified atom stereocenters. The predicted octanol–water partition coefficient (Wildman–Crippen LogP) is 3.09. The van der Waals surface area contributed by atoms with Crippen LogP contribution < -0.4 is 5.32 Å². The van der Waals surface area contributed by atoms with Gasteiger partial charge in [0.05, 0.1) is 0 Å². The summed E-state index contributed by atoms with van der Waals surface area (Å²) in [5.41, 5.74) is 0.920. The highest BCUT2D eigenvalue weighted by Crippen LogP contribution is 2.19. The fourth-order valence-electron chi connectivity index (χ4n) is 2.31. The highest BCUT2D eigenvalue weighted by Gasteiger charge is 2.29. The van der Waals surface area contributed by atoms with Crippen molar-refractivity contribution in [3.05, 3.63) is 22.4 Å². The van der Waals surface area contributed by atoms with Crippen LogP contribution in [0.5, 0.6) is 0 Å². The van der Waals surface area contributed by atoms with E-state index in [0.29, 0.717) is 5.92 Å². The van der Waals surface area contributed by atoms with Gasteiger partial charge in [0.1, 0.15) is 5.60 Å². The van der Waals surface area contributed by atoms with Gasteiger partial charge >= 0.3 is 6.09 Å². The van der Waals surface area contributed by atoms with E-state index in [-0.39, 0.29) is 6.09 Å². The molecule has 0 spiro atoms. The molecule has 0 radical (unpaired) electrons. The summed E-state index contributed by atoms with van der Waals surface area (Å²) in [6.45, 7) is 9.18. The summed E-state index contributed by atoms with van der Waals surface area (Å²) in [6, 6.07) is 2.14. The average molecular weight is 296 g/mol. The number of likely N-dealkylation sites (tertiary alicyclic amines) is 1. The molecule has 1 saturated heterocycles. The molecule has 0 aliphatic carbocycles. The standard InChI is InChI=1S/C15H24N2O2S/c1-15(2,3)19-14(18)17-6-4-12(10-17)8-16-9-13-5-7-20-11-13/h5,7,11-12,16H,4,6,8-10H2,1-3H3/t12-/m0/s1. The molecular formula is C15H24N2O2S. The van der Waals surface area contributed by atoms with Crippen LogP contribution in [0.1, 0.15) is 32.8 Å². The van der Waals surface area contributed by atoms with E-state index in [2.05, 4.69) is 22.1 Å². The van der Waals surface area contributed by atoms with Crippen molar-refractivity contribution in [2.75, 3.05) is 19.6 Å². The Morgan fingerprint density at radius 1 is 1.55 bits per heavy atom. The Labute approximate surface area is 125 Å². The zero-order valence-electron chi connectivity index (χ0n) is 12.5. The number of carbonyl (C=O) groups excluding carboxylic acids is 1. The normalized spacial score (nSPS) is 19.4. The van der Waals surface area contributed by atoms with Crippen molar-refractivity contribution in [1.82, 2.24) is 10.2 Å². The molecule has 0 aromatic carbocycles. The van der Waals surface area contributed by atoms with E-state index in [1.165, 1.54) is 5.56 Å². The van der Waals surface area contributed by atoms with E-state index < -0.39 is 5.60 Å². The van der Waals surface area contributed by atoms with Gasteiger partial charge in [-0.15, -0.1) is 0 Å². The number of hydrogen-bond acceptors (Lipinski definition) is 4. The minimum absolute atomic E-state index is 0.183. The van der Waals surface area contributed by atoms with Crippen LogP contribution in [0, 0.1) is 5.92 Å². The van der Waals surface area contributed by atoms with Crippen molar-refractivity contribution in [1.29, 1.82) is 0 Å². The van der Waals surface area contributed by atoms with E-state index in [1.54, 1.807) is 11.3 Å². The van der Waals surface area contributed by atoms with E-state index >= 15 is 0 Å². The van der Waals surface area contributed by atoms with Gasteiger partial charge < -0.3 is 15.0 Å². The highest BCUT2D eigenvalue weighted by molar-refractivity contribution is 7.07. The van der Waals surface area contributed by atoms with Crippen molar-refractivity contribution >= 4 is 17.4 Å². The lowest BCUT2D eigenvalue weighted by Crippen LogP contribution is -2.36. The summed E-state index contributed by atoms with van der Waals surface area (Å²) in [4.78, 5) is 13.8. The van der Waals surface area contributed by atoms with Crippen molar-refractivity contribution in [2.24, 2.45) is 5.92 Å². The Morgan fingerprint density at radius 3 is 3.00 bits per heavy atom. The van der Waals surface area contributed by atoms with Crippen LogP contribution in [0.25, 0.3) is 0 Å². The first-order chi connectivity index (χ1) is 9.44. The van der Waals surface area contributed by atoms with Gasteiger partial charge in [-0.1, -0.05) is 0 Å². The predicted molar refractivity (Wildman–Crippen MR) is 81.9 cm³/mol. The summed E-state index contributed by atoms with van der Waals surface area (Å²) in [5.74, 6) is 0.529. The molecule has 1 aliphatic rings. The van der Waals surface area contributed by atoms with Gasteiger partial charge in [0, 0.05) is 26.2 Å². The smallest absolute Gasteiger partial charge is 0.410 e. The summed E-state index contributed by atoms with van der Waals surface area (Å²) in [7, 11) is 0. The fourth-order valence-corrected chi connectivity index (χ4v) is 2.97. The largest absolute Gasteiger partial charge is 0.444 e. The minimum atomic E-state index is -0.410. The molecule has 1 aromatic heterocycles. The molecule has 1 atom stereocenters. The summed E-state index contributed by atoms with van der Waals surface area (Å²) in [5, 5.41) is 7.72. The molecule has 1 amide bonds. The molecule has 4 nitrogen and oxygen atoms in total. The van der Waals surface area contributed by atoms with Gasteiger partial charge in [-0.05, 0) is 55.5 Å². The number of nitrogens with zero attached hydrogens (tertiary/aromatic N) is 1. The lowest BCUT2D eigenvalue weighted by atomic mass is 10.1. The molecule has 1 aliphatic heterocycles. The third-order valence-corrected chi connectivity index (χ3v) is 4.01. The topological polar surface area (TPSA) is 41.6 Å². The van der Waals surface area contributed by atoms with E-state index in [0.717, 1.165) is 32.6 Å². The minimum Gasteiger partial charge on any atom is -0.444 e. The van der Waals surface area contributed by atoms with Crippen molar-refractivity contribution < 1.29 is 9.53 Å².